The quantitative estimate of drug-likeness (QED) is 0.668. The van der Waals surface area contributed by atoms with Gasteiger partial charge in [-0.25, -0.2) is 0 Å². The molecule has 0 aromatic heterocycles. The average molecular weight is 326 g/mol. The van der Waals surface area contributed by atoms with Crippen molar-refractivity contribution in [2.75, 3.05) is 13.1 Å². The summed E-state index contributed by atoms with van der Waals surface area (Å²) >= 11 is 0. The van der Waals surface area contributed by atoms with E-state index in [0.29, 0.717) is 11.1 Å². The van der Waals surface area contributed by atoms with Crippen molar-refractivity contribution in [2.45, 2.75) is 38.3 Å². The van der Waals surface area contributed by atoms with Crippen LogP contribution in [0, 0.1) is 17.0 Å². The Labute approximate surface area is 135 Å². The van der Waals surface area contributed by atoms with Crippen molar-refractivity contribution in [3.8, 4) is 0 Å². The highest BCUT2D eigenvalue weighted by molar-refractivity contribution is 5.95. The van der Waals surface area contributed by atoms with Crippen molar-refractivity contribution in [3.05, 3.63) is 39.4 Å². The normalized spacial score (nSPS) is 23.6. The number of carbonyl (C=O) groups excluding carboxylic acids is 1. The number of amides is 1. The third-order valence-corrected chi connectivity index (χ3v) is 4.54. The van der Waals surface area contributed by atoms with Crippen LogP contribution in [0.3, 0.4) is 0 Å². The fourth-order valence-corrected chi connectivity index (χ4v) is 3.40. The first-order valence-electron chi connectivity index (χ1n) is 7.36. The second-order valence-corrected chi connectivity index (χ2v) is 5.85. The first kappa shape index (κ1) is 16.7. The molecule has 0 radical (unpaired) electrons. The van der Waals surface area contributed by atoms with E-state index in [0.717, 1.165) is 32.4 Å². The molecule has 1 aromatic rings. The Morgan fingerprint density at radius 3 is 2.77 bits per heavy atom. The number of halogens is 1. The van der Waals surface area contributed by atoms with Crippen LogP contribution in [0.4, 0.5) is 5.69 Å². The third-order valence-electron chi connectivity index (χ3n) is 4.54. The first-order chi connectivity index (χ1) is 10.1. The molecule has 7 heteroatoms. The molecule has 2 saturated heterocycles. The van der Waals surface area contributed by atoms with Gasteiger partial charge in [0.25, 0.3) is 11.6 Å². The molecule has 1 amide bonds. The summed E-state index contributed by atoms with van der Waals surface area (Å²) in [6.07, 6.45) is 3.00. The Morgan fingerprint density at radius 2 is 2.05 bits per heavy atom. The Bertz CT molecular complexity index is 579. The summed E-state index contributed by atoms with van der Waals surface area (Å²) < 4.78 is 0. The number of rotatable bonds is 2. The first-order valence-corrected chi connectivity index (χ1v) is 7.36. The van der Waals surface area contributed by atoms with Crippen LogP contribution in [-0.4, -0.2) is 40.9 Å². The lowest BCUT2D eigenvalue weighted by molar-refractivity contribution is -0.385. The minimum atomic E-state index is -0.426. The maximum Gasteiger partial charge on any atom is 0.273 e. The monoisotopic (exact) mass is 325 g/mol. The lowest BCUT2D eigenvalue weighted by Gasteiger charge is -2.28. The molecule has 2 aliphatic heterocycles. The van der Waals surface area contributed by atoms with Gasteiger partial charge in [-0.05, 0) is 38.8 Å². The molecule has 22 heavy (non-hydrogen) atoms. The number of carbonyl (C=O) groups is 1. The molecule has 2 aliphatic rings. The molecule has 2 unspecified atom stereocenters. The van der Waals surface area contributed by atoms with Crippen LogP contribution >= 0.6 is 12.4 Å². The van der Waals surface area contributed by atoms with Gasteiger partial charge >= 0.3 is 0 Å². The van der Waals surface area contributed by atoms with Crippen LogP contribution in [0.2, 0.25) is 0 Å². The molecule has 6 nitrogen and oxygen atoms in total. The van der Waals surface area contributed by atoms with Crippen molar-refractivity contribution in [1.82, 2.24) is 10.2 Å². The smallest absolute Gasteiger partial charge is 0.273 e. The van der Waals surface area contributed by atoms with Gasteiger partial charge in [0.1, 0.15) is 0 Å². The van der Waals surface area contributed by atoms with E-state index in [-0.39, 0.29) is 36.1 Å². The zero-order valence-corrected chi connectivity index (χ0v) is 13.3. The minimum absolute atomic E-state index is 0. The second-order valence-electron chi connectivity index (χ2n) is 5.85. The van der Waals surface area contributed by atoms with Gasteiger partial charge in [0.05, 0.1) is 4.92 Å². The maximum atomic E-state index is 12.8. The molecule has 1 N–H and O–H groups in total. The summed E-state index contributed by atoms with van der Waals surface area (Å²) in [5, 5.41) is 14.4. The standard InChI is InChI=1S/C15H19N3O3.ClH/c1-10-2-3-11(8-14(10)18(20)21)15(19)17-12-4-5-13(17)9-16-7-6-12;/h2-3,8,12-13,16H,4-7,9H2,1H3;1H. The Kier molecular flexibility index (Phi) is 5.03. The van der Waals surface area contributed by atoms with E-state index in [1.807, 2.05) is 4.90 Å². The van der Waals surface area contributed by atoms with E-state index in [9.17, 15) is 14.9 Å². The number of nitro benzene ring substituents is 1. The molecule has 3 rings (SSSR count). The van der Waals surface area contributed by atoms with Gasteiger partial charge in [-0.3, -0.25) is 14.9 Å². The molecule has 2 atom stereocenters. The lowest BCUT2D eigenvalue weighted by Crippen LogP contribution is -2.42. The van der Waals surface area contributed by atoms with Crippen molar-refractivity contribution in [3.63, 3.8) is 0 Å². The summed E-state index contributed by atoms with van der Waals surface area (Å²) in [6.45, 7) is 3.43. The molecular formula is C15H20ClN3O3. The second kappa shape index (κ2) is 6.62. The Morgan fingerprint density at radius 1 is 1.32 bits per heavy atom. The van der Waals surface area contributed by atoms with Crippen LogP contribution in [0.15, 0.2) is 18.2 Å². The molecule has 1 aromatic carbocycles. The highest BCUT2D eigenvalue weighted by Crippen LogP contribution is 2.30. The van der Waals surface area contributed by atoms with Gasteiger partial charge in [-0.15, -0.1) is 12.4 Å². The van der Waals surface area contributed by atoms with Gasteiger partial charge in [0, 0.05) is 35.8 Å². The number of benzene rings is 1. The number of nitro groups is 1. The van der Waals surface area contributed by atoms with E-state index in [1.54, 1.807) is 19.1 Å². The van der Waals surface area contributed by atoms with Crippen LogP contribution in [0.1, 0.15) is 35.2 Å². The van der Waals surface area contributed by atoms with Crippen LogP contribution in [0.5, 0.6) is 0 Å². The molecule has 2 fully saturated rings. The number of hydrogen-bond donors (Lipinski definition) is 1. The largest absolute Gasteiger partial charge is 0.331 e. The highest BCUT2D eigenvalue weighted by atomic mass is 35.5. The molecule has 2 bridgehead atoms. The van der Waals surface area contributed by atoms with Crippen molar-refractivity contribution >= 4 is 24.0 Å². The number of hydrogen-bond acceptors (Lipinski definition) is 4. The fraction of sp³-hybridized carbons (Fsp3) is 0.533. The summed E-state index contributed by atoms with van der Waals surface area (Å²) in [4.78, 5) is 25.3. The van der Waals surface area contributed by atoms with Gasteiger partial charge < -0.3 is 10.2 Å². The highest BCUT2D eigenvalue weighted by Gasteiger charge is 2.38. The van der Waals surface area contributed by atoms with E-state index in [2.05, 4.69) is 5.32 Å². The van der Waals surface area contributed by atoms with Crippen LogP contribution in [-0.2, 0) is 0 Å². The summed E-state index contributed by atoms with van der Waals surface area (Å²) in [7, 11) is 0. The fourth-order valence-electron chi connectivity index (χ4n) is 3.40. The van der Waals surface area contributed by atoms with Crippen LogP contribution in [0.25, 0.3) is 0 Å². The van der Waals surface area contributed by atoms with Crippen molar-refractivity contribution in [1.29, 1.82) is 0 Å². The Balaban J connectivity index is 0.00000176. The average Bonchev–Trinajstić information content (AvgIpc) is 2.71. The summed E-state index contributed by atoms with van der Waals surface area (Å²) in [5.41, 5.74) is 1.02. The number of fused-ring (bicyclic) bond motifs is 2. The third kappa shape index (κ3) is 2.94. The minimum Gasteiger partial charge on any atom is -0.331 e. The van der Waals surface area contributed by atoms with Crippen molar-refractivity contribution < 1.29 is 9.72 Å². The summed E-state index contributed by atoms with van der Waals surface area (Å²) in [6, 6.07) is 5.24. The SMILES string of the molecule is Cc1ccc(C(=O)N2C3CCNCC2CC3)cc1[N+](=O)[O-].Cl. The summed E-state index contributed by atoms with van der Waals surface area (Å²) in [5.74, 6) is -0.0747. The molecule has 0 spiro atoms. The molecular weight excluding hydrogens is 306 g/mol. The Hall–Kier alpha value is -1.66. The van der Waals surface area contributed by atoms with E-state index < -0.39 is 4.92 Å². The maximum absolute atomic E-state index is 12.8. The number of nitrogens with one attached hydrogen (secondary N) is 1. The van der Waals surface area contributed by atoms with Gasteiger partial charge in [0.15, 0.2) is 0 Å². The van der Waals surface area contributed by atoms with Crippen molar-refractivity contribution in [2.24, 2.45) is 0 Å². The topological polar surface area (TPSA) is 75.5 Å². The lowest BCUT2D eigenvalue weighted by atomic mass is 10.1. The van der Waals surface area contributed by atoms with E-state index >= 15 is 0 Å². The predicted molar refractivity (Wildman–Crippen MR) is 85.5 cm³/mol. The molecule has 2 heterocycles. The van der Waals surface area contributed by atoms with Crippen LogP contribution < -0.4 is 5.32 Å². The molecule has 120 valence electrons. The van der Waals surface area contributed by atoms with E-state index in [1.165, 1.54) is 6.07 Å². The predicted octanol–water partition coefficient (Wildman–Crippen LogP) is 2.29. The van der Waals surface area contributed by atoms with Gasteiger partial charge in [-0.2, -0.15) is 0 Å². The zero-order chi connectivity index (χ0) is 15.0. The van der Waals surface area contributed by atoms with E-state index in [4.69, 9.17) is 0 Å². The molecule has 0 saturated carbocycles. The zero-order valence-electron chi connectivity index (χ0n) is 12.4. The van der Waals surface area contributed by atoms with Gasteiger partial charge in [-0.1, -0.05) is 6.07 Å². The molecule has 0 aliphatic carbocycles. The number of aryl methyl sites for hydroxylation is 1. The number of nitrogens with zero attached hydrogens (tertiary/aromatic N) is 2. The van der Waals surface area contributed by atoms with Gasteiger partial charge in [0.2, 0.25) is 0 Å².